The molecule has 1 aliphatic rings. The van der Waals surface area contributed by atoms with Gasteiger partial charge in [0.15, 0.2) is 24.6 Å². The second kappa shape index (κ2) is 17.9. The minimum Gasteiger partial charge on any atom is -0.456 e. The van der Waals surface area contributed by atoms with E-state index in [0.29, 0.717) is 43.4 Å². The third-order valence-corrected chi connectivity index (χ3v) is 6.56. The fourth-order valence-corrected chi connectivity index (χ4v) is 4.37. The van der Waals surface area contributed by atoms with Crippen molar-refractivity contribution in [1.29, 1.82) is 0 Å². The molecule has 0 bridgehead atoms. The maximum Gasteiger partial charge on any atom is 0.328 e. The first-order chi connectivity index (χ1) is 20.4. The maximum atomic E-state index is 13.3. The second-order valence-electron chi connectivity index (χ2n) is 10.9. The van der Waals surface area contributed by atoms with Gasteiger partial charge in [-0.25, -0.2) is 4.79 Å². The van der Waals surface area contributed by atoms with Crippen LogP contribution in [0.1, 0.15) is 91.5 Å². The minimum absolute atomic E-state index is 0.0674. The average molecular weight is 610 g/mol. The normalized spacial score (nSPS) is 22.1. The molecule has 43 heavy (non-hydrogen) atoms. The highest BCUT2D eigenvalue weighted by Gasteiger charge is 2.49. The van der Waals surface area contributed by atoms with E-state index in [1.165, 1.54) is 6.92 Å². The Kier molecular flexibility index (Phi) is 15.1. The van der Waals surface area contributed by atoms with Gasteiger partial charge < -0.3 is 39.3 Å². The van der Waals surface area contributed by atoms with Gasteiger partial charge in [0, 0.05) is 25.7 Å². The van der Waals surface area contributed by atoms with E-state index in [9.17, 15) is 24.3 Å². The molecule has 242 valence electrons. The molecule has 0 radical (unpaired) electrons. The first-order valence-corrected chi connectivity index (χ1v) is 15.1. The molecule has 0 spiro atoms. The summed E-state index contributed by atoms with van der Waals surface area (Å²) in [7, 11) is 0. The van der Waals surface area contributed by atoms with Crippen molar-refractivity contribution < 1.29 is 52.7 Å². The number of hydrogen-bond donors (Lipinski definition) is 2. The van der Waals surface area contributed by atoms with Crippen LogP contribution in [0.25, 0.3) is 0 Å². The molecule has 12 nitrogen and oxygen atoms in total. The Bertz CT molecular complexity index is 1040. The Morgan fingerprint density at radius 2 is 1.47 bits per heavy atom. The number of carbonyl (C=O) groups excluding carboxylic acids is 4. The van der Waals surface area contributed by atoms with E-state index in [-0.39, 0.29) is 38.3 Å². The van der Waals surface area contributed by atoms with Gasteiger partial charge in [0.05, 0.1) is 6.61 Å². The summed E-state index contributed by atoms with van der Waals surface area (Å²) >= 11 is 0. The Morgan fingerprint density at radius 3 is 2.05 bits per heavy atom. The van der Waals surface area contributed by atoms with Gasteiger partial charge in [-0.3, -0.25) is 14.4 Å². The van der Waals surface area contributed by atoms with E-state index in [2.05, 4.69) is 0 Å². The summed E-state index contributed by atoms with van der Waals surface area (Å²) < 4.78 is 33.7. The highest BCUT2D eigenvalue weighted by Crippen LogP contribution is 2.28. The van der Waals surface area contributed by atoms with Crippen LogP contribution in [0.4, 0.5) is 0 Å². The van der Waals surface area contributed by atoms with Crippen molar-refractivity contribution in [2.45, 2.75) is 129 Å². The lowest BCUT2D eigenvalue weighted by atomic mass is 9.94. The van der Waals surface area contributed by atoms with Gasteiger partial charge in [-0.05, 0) is 50.3 Å². The van der Waals surface area contributed by atoms with Crippen LogP contribution in [0.2, 0.25) is 0 Å². The molecule has 2 rings (SSSR count). The average Bonchev–Trinajstić information content (AvgIpc) is 2.93. The van der Waals surface area contributed by atoms with Crippen molar-refractivity contribution in [2.24, 2.45) is 5.73 Å². The summed E-state index contributed by atoms with van der Waals surface area (Å²) in [6.07, 6.45) is -3.16. The highest BCUT2D eigenvalue weighted by atomic mass is 16.7. The molecule has 1 aromatic rings. The van der Waals surface area contributed by atoms with Gasteiger partial charge in [0.2, 0.25) is 6.29 Å². The van der Waals surface area contributed by atoms with Crippen LogP contribution in [-0.2, 0) is 49.3 Å². The Balaban J connectivity index is 2.24. The molecule has 1 aliphatic heterocycles. The Labute approximate surface area is 253 Å². The molecular weight excluding hydrogens is 562 g/mol. The standard InChI is InChI=1S/C31H47NO11/c1-6-10-23(33)39-21-16-14-20(15-17-21)18-31(5,32)30(37)43-29-28(42-26(36)13-9-4)27(41-25(35)12-8-3)22(19-38-29)40-24(34)11-7-2/h14-17,22,26-29,36H,6-13,18-19,32H2,1-5H3/t22-,26?,27+,28-,29+,31+/m1/s1. The van der Waals surface area contributed by atoms with E-state index in [4.69, 9.17) is 34.2 Å². The first kappa shape index (κ1) is 36.1. The molecule has 0 saturated carbocycles. The number of rotatable bonds is 17. The van der Waals surface area contributed by atoms with E-state index in [1.807, 2.05) is 27.7 Å². The first-order valence-electron chi connectivity index (χ1n) is 15.1. The van der Waals surface area contributed by atoms with Gasteiger partial charge in [-0.2, -0.15) is 0 Å². The molecule has 1 saturated heterocycles. The van der Waals surface area contributed by atoms with Crippen LogP contribution in [-0.4, -0.2) is 72.0 Å². The van der Waals surface area contributed by atoms with Crippen molar-refractivity contribution in [3.8, 4) is 5.75 Å². The summed E-state index contributed by atoms with van der Waals surface area (Å²) in [4.78, 5) is 50.0. The molecule has 0 aliphatic carbocycles. The van der Waals surface area contributed by atoms with E-state index in [1.54, 1.807) is 24.3 Å². The number of ether oxygens (including phenoxy) is 6. The quantitative estimate of drug-likeness (QED) is 0.114. The lowest BCUT2D eigenvalue weighted by Gasteiger charge is -2.41. The molecule has 1 aromatic carbocycles. The summed E-state index contributed by atoms with van der Waals surface area (Å²) in [5.74, 6) is -1.88. The van der Waals surface area contributed by atoms with Gasteiger partial charge in [-0.1, -0.05) is 46.2 Å². The monoisotopic (exact) mass is 609 g/mol. The van der Waals surface area contributed by atoms with Crippen molar-refractivity contribution in [3.05, 3.63) is 29.8 Å². The zero-order valence-electron chi connectivity index (χ0n) is 25.9. The summed E-state index contributed by atoms with van der Waals surface area (Å²) in [6.45, 7) is 8.59. The predicted molar refractivity (Wildman–Crippen MR) is 154 cm³/mol. The van der Waals surface area contributed by atoms with Crippen LogP contribution < -0.4 is 10.5 Å². The molecule has 12 heteroatoms. The molecule has 1 unspecified atom stereocenters. The zero-order valence-corrected chi connectivity index (χ0v) is 25.9. The molecule has 6 atom stereocenters. The van der Waals surface area contributed by atoms with Crippen molar-refractivity contribution in [1.82, 2.24) is 0 Å². The lowest BCUT2D eigenvalue weighted by molar-refractivity contribution is -0.305. The number of hydrogen-bond acceptors (Lipinski definition) is 12. The fraction of sp³-hybridized carbons (Fsp3) is 0.677. The van der Waals surface area contributed by atoms with Crippen LogP contribution in [0.15, 0.2) is 24.3 Å². The van der Waals surface area contributed by atoms with E-state index >= 15 is 0 Å². The number of carbonyl (C=O) groups is 4. The van der Waals surface area contributed by atoms with E-state index in [0.717, 1.165) is 0 Å². The summed E-state index contributed by atoms with van der Waals surface area (Å²) in [6, 6.07) is 6.61. The lowest BCUT2D eigenvalue weighted by Crippen LogP contribution is -2.60. The summed E-state index contributed by atoms with van der Waals surface area (Å²) in [5, 5.41) is 10.5. The summed E-state index contributed by atoms with van der Waals surface area (Å²) in [5.41, 5.74) is 5.53. The molecule has 1 heterocycles. The third kappa shape index (κ3) is 11.9. The van der Waals surface area contributed by atoms with Gasteiger partial charge >= 0.3 is 23.9 Å². The second-order valence-corrected chi connectivity index (χ2v) is 10.9. The Hall–Kier alpha value is -3.06. The number of aliphatic hydroxyl groups excluding tert-OH is 1. The smallest absolute Gasteiger partial charge is 0.328 e. The van der Waals surface area contributed by atoms with Crippen molar-refractivity contribution in [2.75, 3.05) is 6.61 Å². The van der Waals surface area contributed by atoms with Crippen molar-refractivity contribution >= 4 is 23.9 Å². The SMILES string of the molecule is CCCC(=O)Oc1ccc(C[C@](C)(N)C(=O)O[C@@H]2OC[C@@H](OC(=O)CCC)[C@H](OC(=O)CCC)[C@H]2OC(O)CCC)cc1. The topological polar surface area (TPSA) is 170 Å². The highest BCUT2D eigenvalue weighted by molar-refractivity contribution is 5.80. The largest absolute Gasteiger partial charge is 0.456 e. The van der Waals surface area contributed by atoms with Gasteiger partial charge in [0.1, 0.15) is 11.3 Å². The van der Waals surface area contributed by atoms with Crippen molar-refractivity contribution in [3.63, 3.8) is 0 Å². The number of aliphatic hydroxyl groups is 1. The molecule has 1 fully saturated rings. The zero-order chi connectivity index (χ0) is 32.0. The van der Waals surface area contributed by atoms with E-state index < -0.39 is 54.3 Å². The van der Waals surface area contributed by atoms with Crippen LogP contribution in [0.5, 0.6) is 5.75 Å². The number of nitrogens with two attached hydrogens (primary N) is 1. The Morgan fingerprint density at radius 1 is 0.884 bits per heavy atom. The third-order valence-electron chi connectivity index (χ3n) is 6.56. The van der Waals surface area contributed by atoms with Gasteiger partial charge in [0.25, 0.3) is 0 Å². The molecule has 0 aromatic heterocycles. The van der Waals surface area contributed by atoms with Crippen LogP contribution in [0, 0.1) is 0 Å². The molecular formula is C31H47NO11. The maximum absolute atomic E-state index is 13.3. The molecule has 3 N–H and O–H groups in total. The molecule has 0 amide bonds. The van der Waals surface area contributed by atoms with Crippen LogP contribution in [0.3, 0.4) is 0 Å². The predicted octanol–water partition coefficient (Wildman–Crippen LogP) is 3.48. The fourth-order valence-electron chi connectivity index (χ4n) is 4.37. The number of esters is 4. The van der Waals surface area contributed by atoms with Crippen LogP contribution >= 0.6 is 0 Å². The minimum atomic E-state index is -1.53. The number of benzene rings is 1. The van der Waals surface area contributed by atoms with Gasteiger partial charge in [-0.15, -0.1) is 0 Å².